The van der Waals surface area contributed by atoms with Gasteiger partial charge in [0.2, 0.25) is 11.8 Å². The lowest BCUT2D eigenvalue weighted by molar-refractivity contribution is -0.136. The number of hydrogen-bond donors (Lipinski definition) is 1. The van der Waals surface area contributed by atoms with Crippen LogP contribution in [0.3, 0.4) is 0 Å². The second kappa shape index (κ2) is 8.14. The molecule has 1 unspecified atom stereocenters. The monoisotopic (exact) mass is 442 g/mol. The van der Waals surface area contributed by atoms with Gasteiger partial charge in [-0.05, 0) is 36.2 Å². The maximum atomic E-state index is 12.9. The minimum atomic E-state index is -3.26. The molecule has 4 rings (SSSR count). The van der Waals surface area contributed by atoms with Crippen LogP contribution in [0, 0.1) is 0 Å². The van der Waals surface area contributed by atoms with Gasteiger partial charge in [0.05, 0.1) is 17.2 Å². The van der Waals surface area contributed by atoms with Crippen molar-refractivity contribution >= 4 is 27.6 Å². The van der Waals surface area contributed by atoms with Gasteiger partial charge in [0.25, 0.3) is 5.91 Å². The Morgan fingerprint density at radius 1 is 1.10 bits per heavy atom. The van der Waals surface area contributed by atoms with E-state index in [1.54, 1.807) is 49.4 Å². The fourth-order valence-corrected chi connectivity index (χ4v) is 4.70. The third kappa shape index (κ3) is 4.05. The van der Waals surface area contributed by atoms with Crippen LogP contribution >= 0.6 is 0 Å². The minimum Gasteiger partial charge on any atom is -0.489 e. The quantitative estimate of drug-likeness (QED) is 0.684. The van der Waals surface area contributed by atoms with E-state index >= 15 is 0 Å². The first-order valence-electron chi connectivity index (χ1n) is 10.0. The van der Waals surface area contributed by atoms with E-state index in [1.165, 1.54) is 4.90 Å². The molecule has 0 radical (unpaired) electrons. The van der Waals surface area contributed by atoms with Gasteiger partial charge in [-0.15, -0.1) is 0 Å². The predicted molar refractivity (Wildman–Crippen MR) is 111 cm³/mol. The molecule has 2 aliphatic heterocycles. The molecular weight excluding hydrogens is 420 g/mol. The second-order valence-electron chi connectivity index (χ2n) is 7.52. The molecule has 1 fully saturated rings. The molecule has 162 valence electrons. The molecular formula is C22H22N2O6S. The number of sulfone groups is 1. The number of fused-ring (bicyclic) bond motifs is 1. The van der Waals surface area contributed by atoms with E-state index in [0.717, 1.165) is 5.56 Å². The highest BCUT2D eigenvalue weighted by atomic mass is 32.2. The summed E-state index contributed by atoms with van der Waals surface area (Å²) >= 11 is 0. The smallest absolute Gasteiger partial charge is 0.255 e. The fraction of sp³-hybridized carbons (Fsp3) is 0.318. The molecule has 3 amide bonds. The summed E-state index contributed by atoms with van der Waals surface area (Å²) in [6.45, 7) is 2.03. The summed E-state index contributed by atoms with van der Waals surface area (Å²) in [7, 11) is -3.26. The number of carbonyl (C=O) groups is 3. The van der Waals surface area contributed by atoms with Crippen molar-refractivity contribution in [3.63, 3.8) is 0 Å². The van der Waals surface area contributed by atoms with Gasteiger partial charge in [-0.25, -0.2) is 8.42 Å². The van der Waals surface area contributed by atoms with Crippen molar-refractivity contribution < 1.29 is 27.5 Å². The van der Waals surface area contributed by atoms with E-state index in [0.29, 0.717) is 23.3 Å². The van der Waals surface area contributed by atoms with Crippen molar-refractivity contribution in [3.05, 3.63) is 59.2 Å². The maximum Gasteiger partial charge on any atom is 0.255 e. The molecule has 31 heavy (non-hydrogen) atoms. The molecule has 9 heteroatoms. The van der Waals surface area contributed by atoms with Crippen molar-refractivity contribution in [2.75, 3.05) is 5.75 Å². The number of nitrogens with one attached hydrogen (secondary N) is 1. The van der Waals surface area contributed by atoms with Crippen molar-refractivity contribution in [3.8, 4) is 5.75 Å². The number of nitrogens with zero attached hydrogens (tertiary/aromatic N) is 1. The Bertz CT molecular complexity index is 1160. The van der Waals surface area contributed by atoms with Gasteiger partial charge in [-0.3, -0.25) is 19.7 Å². The molecule has 0 aromatic heterocycles. The van der Waals surface area contributed by atoms with E-state index in [2.05, 4.69) is 5.32 Å². The standard InChI is InChI=1S/C22H22N2O6S/c1-2-31(28,29)15-8-6-14(7-9-15)13-30-19-5-3-4-16-17(19)12-24(22(16)27)18-10-11-20(25)23-21(18)26/h3-9,18H,2,10-13H2,1H3,(H,23,25,26). The Hall–Kier alpha value is -3.20. The highest BCUT2D eigenvalue weighted by Gasteiger charge is 2.40. The van der Waals surface area contributed by atoms with Gasteiger partial charge >= 0.3 is 0 Å². The second-order valence-corrected chi connectivity index (χ2v) is 9.80. The van der Waals surface area contributed by atoms with Crippen LogP contribution in [0.1, 0.15) is 41.3 Å². The lowest BCUT2D eigenvalue weighted by Crippen LogP contribution is -2.52. The Kier molecular flexibility index (Phi) is 5.53. The van der Waals surface area contributed by atoms with Crippen LogP contribution in [0.4, 0.5) is 0 Å². The highest BCUT2D eigenvalue weighted by molar-refractivity contribution is 7.91. The van der Waals surface area contributed by atoms with Gasteiger partial charge in [0.1, 0.15) is 18.4 Å². The molecule has 8 nitrogen and oxygen atoms in total. The van der Waals surface area contributed by atoms with Crippen LogP contribution in [0.25, 0.3) is 0 Å². The van der Waals surface area contributed by atoms with Crippen LogP contribution in [0.15, 0.2) is 47.4 Å². The lowest BCUT2D eigenvalue weighted by atomic mass is 10.0. The number of hydrogen-bond acceptors (Lipinski definition) is 6. The van der Waals surface area contributed by atoms with Gasteiger partial charge in [0.15, 0.2) is 9.84 Å². The summed E-state index contributed by atoms with van der Waals surface area (Å²) in [5.41, 5.74) is 1.97. The summed E-state index contributed by atoms with van der Waals surface area (Å²) in [6.07, 6.45) is 0.497. The Labute approximate surface area is 180 Å². The zero-order valence-corrected chi connectivity index (χ0v) is 17.8. The molecule has 0 saturated carbocycles. The summed E-state index contributed by atoms with van der Waals surface area (Å²) in [5.74, 6) is -0.472. The van der Waals surface area contributed by atoms with Gasteiger partial charge < -0.3 is 9.64 Å². The molecule has 2 aliphatic rings. The molecule has 2 aromatic rings. The number of piperidine rings is 1. The van der Waals surface area contributed by atoms with Crippen LogP contribution in [-0.2, 0) is 32.6 Å². The SMILES string of the molecule is CCS(=O)(=O)c1ccc(COc2cccc3c2CN(C2CCC(=O)NC2=O)C3=O)cc1. The number of carbonyl (C=O) groups excluding carboxylic acids is 3. The summed E-state index contributed by atoms with van der Waals surface area (Å²) in [4.78, 5) is 38.2. The first kappa shape index (κ1) is 21.0. The molecule has 1 atom stereocenters. The summed E-state index contributed by atoms with van der Waals surface area (Å²) < 4.78 is 29.8. The predicted octanol–water partition coefficient (Wildman–Crippen LogP) is 1.82. The van der Waals surface area contributed by atoms with E-state index in [4.69, 9.17) is 4.74 Å². The lowest BCUT2D eigenvalue weighted by Gasteiger charge is -2.29. The van der Waals surface area contributed by atoms with Crippen LogP contribution in [0.5, 0.6) is 5.75 Å². The average molecular weight is 442 g/mol. The highest BCUT2D eigenvalue weighted by Crippen LogP contribution is 2.34. The van der Waals surface area contributed by atoms with Crippen molar-refractivity contribution in [2.24, 2.45) is 0 Å². The molecule has 2 heterocycles. The Morgan fingerprint density at radius 2 is 1.84 bits per heavy atom. The van der Waals surface area contributed by atoms with Crippen molar-refractivity contribution in [1.29, 1.82) is 0 Å². The number of ether oxygens (including phenoxy) is 1. The van der Waals surface area contributed by atoms with Crippen LogP contribution < -0.4 is 10.1 Å². The maximum absolute atomic E-state index is 12.9. The number of rotatable bonds is 6. The van der Waals surface area contributed by atoms with Crippen LogP contribution in [0.2, 0.25) is 0 Å². The molecule has 0 aliphatic carbocycles. The largest absolute Gasteiger partial charge is 0.489 e. The third-order valence-electron chi connectivity index (χ3n) is 5.60. The minimum absolute atomic E-state index is 0.0384. The average Bonchev–Trinajstić information content (AvgIpc) is 3.09. The molecule has 2 aromatic carbocycles. The number of benzene rings is 2. The zero-order valence-electron chi connectivity index (χ0n) is 17.0. The first-order valence-corrected chi connectivity index (χ1v) is 11.7. The molecule has 0 spiro atoms. The Morgan fingerprint density at radius 3 is 2.52 bits per heavy atom. The number of amides is 3. The van der Waals surface area contributed by atoms with Crippen molar-refractivity contribution in [1.82, 2.24) is 10.2 Å². The van der Waals surface area contributed by atoms with Crippen LogP contribution in [-0.4, -0.2) is 42.8 Å². The zero-order chi connectivity index (χ0) is 22.2. The van der Waals surface area contributed by atoms with E-state index in [9.17, 15) is 22.8 Å². The van der Waals surface area contributed by atoms with E-state index < -0.39 is 21.8 Å². The van der Waals surface area contributed by atoms with Gasteiger partial charge in [0, 0.05) is 17.5 Å². The topological polar surface area (TPSA) is 110 Å². The summed E-state index contributed by atoms with van der Waals surface area (Å²) in [5, 5.41) is 2.29. The molecule has 1 N–H and O–H groups in total. The van der Waals surface area contributed by atoms with Gasteiger partial charge in [-0.2, -0.15) is 0 Å². The van der Waals surface area contributed by atoms with E-state index in [1.807, 2.05) is 0 Å². The third-order valence-corrected chi connectivity index (χ3v) is 7.35. The van der Waals surface area contributed by atoms with E-state index in [-0.39, 0.29) is 42.0 Å². The van der Waals surface area contributed by atoms with Crippen molar-refractivity contribution in [2.45, 2.75) is 43.9 Å². The summed E-state index contributed by atoms with van der Waals surface area (Å²) in [6, 6.07) is 11.0. The normalized spacial score (nSPS) is 18.7. The fourth-order valence-electron chi connectivity index (χ4n) is 3.81. The molecule has 0 bridgehead atoms. The molecule has 1 saturated heterocycles. The Balaban J connectivity index is 1.49. The first-order chi connectivity index (χ1) is 14.8. The number of imide groups is 1. The van der Waals surface area contributed by atoms with Gasteiger partial charge in [-0.1, -0.05) is 25.1 Å².